The van der Waals surface area contributed by atoms with Gasteiger partial charge in [-0.2, -0.15) is 5.26 Å². The predicted octanol–water partition coefficient (Wildman–Crippen LogP) is 5.01. The summed E-state index contributed by atoms with van der Waals surface area (Å²) in [5.41, 5.74) is 1.45. The Balaban J connectivity index is 2.49. The SMILES string of the molecule is CCCCCn1c(O)c(C(=O)C(C)Oc2cc(C)ccc2C(C)C)c(C)c(C#N)c1=O. The zero-order valence-electron chi connectivity index (χ0n) is 19.3. The van der Waals surface area contributed by atoms with E-state index in [2.05, 4.69) is 0 Å². The fraction of sp³-hybridized carbons (Fsp3) is 0.480. The minimum absolute atomic E-state index is 0.0288. The summed E-state index contributed by atoms with van der Waals surface area (Å²) in [5.74, 6) is -0.0400. The highest BCUT2D eigenvalue weighted by molar-refractivity contribution is 6.03. The molecule has 1 N–H and O–H groups in total. The third kappa shape index (κ3) is 5.16. The molecule has 6 heteroatoms. The zero-order valence-corrected chi connectivity index (χ0v) is 19.3. The van der Waals surface area contributed by atoms with Gasteiger partial charge in [0.2, 0.25) is 11.7 Å². The van der Waals surface area contributed by atoms with Gasteiger partial charge in [-0.25, -0.2) is 0 Å². The highest BCUT2D eigenvalue weighted by Crippen LogP contribution is 2.30. The molecule has 0 bridgehead atoms. The number of carbonyl (C=O) groups excluding carboxylic acids is 1. The number of hydrogen-bond acceptors (Lipinski definition) is 5. The molecule has 0 saturated carbocycles. The molecule has 1 heterocycles. The number of aromatic nitrogens is 1. The van der Waals surface area contributed by atoms with Crippen LogP contribution in [0.5, 0.6) is 11.6 Å². The normalized spacial score (nSPS) is 11.9. The van der Waals surface area contributed by atoms with Gasteiger partial charge in [-0.15, -0.1) is 0 Å². The molecule has 2 aromatic rings. The van der Waals surface area contributed by atoms with Gasteiger partial charge in [-0.05, 0) is 55.9 Å². The molecular formula is C25H32N2O4. The molecular weight excluding hydrogens is 392 g/mol. The van der Waals surface area contributed by atoms with E-state index in [9.17, 15) is 20.0 Å². The second-order valence-corrected chi connectivity index (χ2v) is 8.29. The Morgan fingerprint density at radius 2 is 1.90 bits per heavy atom. The van der Waals surface area contributed by atoms with Crippen LogP contribution >= 0.6 is 0 Å². The fourth-order valence-corrected chi connectivity index (χ4v) is 3.64. The van der Waals surface area contributed by atoms with Gasteiger partial charge in [0, 0.05) is 6.54 Å². The van der Waals surface area contributed by atoms with Gasteiger partial charge in [0.15, 0.2) is 6.10 Å². The van der Waals surface area contributed by atoms with E-state index in [4.69, 9.17) is 4.74 Å². The van der Waals surface area contributed by atoms with Crippen LogP contribution in [0.15, 0.2) is 23.0 Å². The lowest BCUT2D eigenvalue weighted by molar-refractivity contribution is 0.0810. The number of rotatable bonds is 9. The number of unbranched alkanes of at least 4 members (excludes halogenated alkanes) is 2. The standard InChI is InChI=1S/C25H32N2O4/c1-7-8-9-12-27-24(29)20(14-26)17(5)22(25(27)30)23(28)18(6)31-21-13-16(4)10-11-19(21)15(2)3/h10-11,13,15,18,30H,7-9,12H2,1-6H3. The molecule has 0 amide bonds. The Bertz CT molecular complexity index is 1060. The Labute approximate surface area is 184 Å². The maximum Gasteiger partial charge on any atom is 0.271 e. The van der Waals surface area contributed by atoms with Crippen LogP contribution in [0.3, 0.4) is 0 Å². The molecule has 0 fully saturated rings. The van der Waals surface area contributed by atoms with E-state index in [1.54, 1.807) is 6.92 Å². The average Bonchev–Trinajstić information content (AvgIpc) is 2.70. The van der Waals surface area contributed by atoms with Crippen molar-refractivity contribution >= 4 is 5.78 Å². The van der Waals surface area contributed by atoms with Crippen LogP contribution in [0, 0.1) is 25.2 Å². The number of aryl methyl sites for hydroxylation is 1. The summed E-state index contributed by atoms with van der Waals surface area (Å²) >= 11 is 0. The topological polar surface area (TPSA) is 92.3 Å². The number of hydrogen-bond donors (Lipinski definition) is 1. The Morgan fingerprint density at radius 1 is 1.23 bits per heavy atom. The first kappa shape index (κ1) is 24.2. The van der Waals surface area contributed by atoms with Crippen molar-refractivity contribution < 1.29 is 14.6 Å². The van der Waals surface area contributed by atoms with Crippen molar-refractivity contribution in [3.05, 3.63) is 56.4 Å². The molecule has 31 heavy (non-hydrogen) atoms. The minimum atomic E-state index is -0.906. The summed E-state index contributed by atoms with van der Waals surface area (Å²) in [5, 5.41) is 20.3. The molecule has 1 unspecified atom stereocenters. The van der Waals surface area contributed by atoms with Crippen LogP contribution < -0.4 is 10.3 Å². The fourth-order valence-electron chi connectivity index (χ4n) is 3.64. The lowest BCUT2D eigenvalue weighted by Gasteiger charge is -2.21. The van der Waals surface area contributed by atoms with E-state index in [-0.39, 0.29) is 29.2 Å². The molecule has 1 atom stereocenters. The first-order chi connectivity index (χ1) is 14.6. The van der Waals surface area contributed by atoms with Gasteiger partial charge in [0.1, 0.15) is 17.4 Å². The van der Waals surface area contributed by atoms with Crippen molar-refractivity contribution in [3.8, 4) is 17.7 Å². The number of nitrogens with zero attached hydrogens (tertiary/aromatic N) is 2. The number of aromatic hydroxyl groups is 1. The Morgan fingerprint density at radius 3 is 2.48 bits per heavy atom. The van der Waals surface area contributed by atoms with Crippen LogP contribution in [0.1, 0.15) is 85.5 Å². The Kier molecular flexibility index (Phi) is 8.04. The number of benzene rings is 1. The van der Waals surface area contributed by atoms with Gasteiger partial charge in [-0.1, -0.05) is 45.7 Å². The number of ketones is 1. The van der Waals surface area contributed by atoms with E-state index in [1.165, 1.54) is 6.92 Å². The maximum absolute atomic E-state index is 13.3. The molecule has 0 saturated heterocycles. The molecule has 1 aromatic heterocycles. The molecule has 0 aliphatic heterocycles. The van der Waals surface area contributed by atoms with Gasteiger partial charge >= 0.3 is 0 Å². The molecule has 0 radical (unpaired) electrons. The van der Waals surface area contributed by atoms with Crippen LogP contribution in [0.4, 0.5) is 0 Å². The lowest BCUT2D eigenvalue weighted by atomic mass is 9.98. The maximum atomic E-state index is 13.3. The highest BCUT2D eigenvalue weighted by Gasteiger charge is 2.28. The number of nitriles is 1. The van der Waals surface area contributed by atoms with Gasteiger partial charge < -0.3 is 9.84 Å². The summed E-state index contributed by atoms with van der Waals surface area (Å²) < 4.78 is 7.16. The molecule has 0 aliphatic carbocycles. The van der Waals surface area contributed by atoms with Gasteiger partial charge in [0.25, 0.3) is 5.56 Å². The van der Waals surface area contributed by atoms with Crippen LogP contribution in [0.2, 0.25) is 0 Å². The lowest BCUT2D eigenvalue weighted by Crippen LogP contribution is -2.31. The molecule has 1 aromatic carbocycles. The monoisotopic (exact) mass is 424 g/mol. The molecule has 2 rings (SSSR count). The largest absolute Gasteiger partial charge is 0.494 e. The molecule has 0 spiro atoms. The van der Waals surface area contributed by atoms with E-state index < -0.39 is 23.3 Å². The zero-order chi connectivity index (χ0) is 23.3. The molecule has 166 valence electrons. The van der Waals surface area contributed by atoms with Crippen molar-refractivity contribution in [2.75, 3.05) is 0 Å². The van der Waals surface area contributed by atoms with Crippen molar-refractivity contribution in [2.24, 2.45) is 0 Å². The quantitative estimate of drug-likeness (QED) is 0.451. The van der Waals surface area contributed by atoms with Crippen molar-refractivity contribution in [1.29, 1.82) is 5.26 Å². The number of ether oxygens (including phenoxy) is 1. The first-order valence-electron chi connectivity index (χ1n) is 10.8. The Hall–Kier alpha value is -3.07. The average molecular weight is 425 g/mol. The van der Waals surface area contributed by atoms with E-state index in [0.717, 1.165) is 28.5 Å². The number of carbonyl (C=O) groups is 1. The van der Waals surface area contributed by atoms with Crippen molar-refractivity contribution in [1.82, 2.24) is 4.57 Å². The van der Waals surface area contributed by atoms with Gasteiger partial charge in [-0.3, -0.25) is 14.2 Å². The van der Waals surface area contributed by atoms with E-state index >= 15 is 0 Å². The summed E-state index contributed by atoms with van der Waals surface area (Å²) in [4.78, 5) is 26.0. The first-order valence-corrected chi connectivity index (χ1v) is 10.8. The number of pyridine rings is 1. The molecule has 6 nitrogen and oxygen atoms in total. The van der Waals surface area contributed by atoms with E-state index in [0.29, 0.717) is 12.2 Å². The van der Waals surface area contributed by atoms with Crippen molar-refractivity contribution in [3.63, 3.8) is 0 Å². The third-order valence-electron chi connectivity index (χ3n) is 5.50. The van der Waals surface area contributed by atoms with Gasteiger partial charge in [0.05, 0.1) is 5.56 Å². The van der Waals surface area contributed by atoms with Crippen LogP contribution in [-0.2, 0) is 6.54 Å². The third-order valence-corrected chi connectivity index (χ3v) is 5.50. The van der Waals surface area contributed by atoms with Crippen LogP contribution in [0.25, 0.3) is 0 Å². The summed E-state index contributed by atoms with van der Waals surface area (Å²) in [6.45, 7) is 11.5. The number of Topliss-reactive ketones (excluding diaryl/α,β-unsaturated/α-hetero) is 1. The summed E-state index contributed by atoms with van der Waals surface area (Å²) in [7, 11) is 0. The smallest absolute Gasteiger partial charge is 0.271 e. The molecule has 0 aliphatic rings. The highest BCUT2D eigenvalue weighted by atomic mass is 16.5. The second kappa shape index (κ2) is 10.3. The van der Waals surface area contributed by atoms with E-state index in [1.807, 2.05) is 52.0 Å². The summed E-state index contributed by atoms with van der Waals surface area (Å²) in [6, 6.07) is 7.77. The summed E-state index contributed by atoms with van der Waals surface area (Å²) in [6.07, 6.45) is 1.57. The predicted molar refractivity (Wildman–Crippen MR) is 121 cm³/mol. The van der Waals surface area contributed by atoms with Crippen LogP contribution in [-0.4, -0.2) is 21.6 Å². The minimum Gasteiger partial charge on any atom is -0.494 e. The van der Waals surface area contributed by atoms with Crippen molar-refractivity contribution in [2.45, 2.75) is 79.4 Å². The second-order valence-electron chi connectivity index (χ2n) is 8.29.